The summed E-state index contributed by atoms with van der Waals surface area (Å²) in [6, 6.07) is 6.43. The normalized spacial score (nSPS) is 14.8. The fraction of sp³-hybridized carbons (Fsp3) is 0.231. The highest BCUT2D eigenvalue weighted by Crippen LogP contribution is 2.39. The lowest BCUT2D eigenvalue weighted by Crippen LogP contribution is -1.95. The van der Waals surface area contributed by atoms with E-state index in [-0.39, 0.29) is 5.02 Å². The van der Waals surface area contributed by atoms with Crippen LogP contribution in [0.3, 0.4) is 0 Å². The standard InChI is InChI=1S/C13H9BrClFN2/c14-12-6-11(17-13(18-12)7-1-2-7)8-3-4-10(16)9(15)5-8/h3-7H,1-2H2. The van der Waals surface area contributed by atoms with E-state index >= 15 is 0 Å². The highest BCUT2D eigenvalue weighted by molar-refractivity contribution is 9.10. The van der Waals surface area contributed by atoms with Crippen LogP contribution in [0.25, 0.3) is 11.3 Å². The molecular weight excluding hydrogens is 319 g/mol. The predicted molar refractivity (Wildman–Crippen MR) is 72.1 cm³/mol. The molecule has 3 rings (SSSR count). The smallest absolute Gasteiger partial charge is 0.141 e. The molecule has 92 valence electrons. The molecule has 0 unspecified atom stereocenters. The highest BCUT2D eigenvalue weighted by atomic mass is 79.9. The van der Waals surface area contributed by atoms with Crippen LogP contribution in [0.4, 0.5) is 4.39 Å². The third kappa shape index (κ3) is 2.40. The number of nitrogens with zero attached hydrogens (tertiary/aromatic N) is 2. The zero-order valence-corrected chi connectivity index (χ0v) is 11.7. The Morgan fingerprint density at radius 1 is 1.22 bits per heavy atom. The maximum absolute atomic E-state index is 13.1. The third-order valence-corrected chi connectivity index (χ3v) is 3.57. The van der Waals surface area contributed by atoms with Crippen LogP contribution >= 0.6 is 27.5 Å². The second-order valence-electron chi connectivity index (χ2n) is 4.34. The summed E-state index contributed by atoms with van der Waals surface area (Å²) in [5, 5.41) is 0.107. The molecule has 1 aliphatic rings. The molecule has 1 aromatic carbocycles. The van der Waals surface area contributed by atoms with Crippen molar-refractivity contribution in [3.63, 3.8) is 0 Å². The van der Waals surface area contributed by atoms with Gasteiger partial charge in [0.1, 0.15) is 16.2 Å². The van der Waals surface area contributed by atoms with Crippen LogP contribution in [0, 0.1) is 5.82 Å². The Labute approximate surface area is 117 Å². The minimum absolute atomic E-state index is 0.107. The zero-order valence-electron chi connectivity index (χ0n) is 9.33. The number of aromatic nitrogens is 2. The summed E-state index contributed by atoms with van der Waals surface area (Å²) in [5.74, 6) is 0.896. The summed E-state index contributed by atoms with van der Waals surface area (Å²) in [6.07, 6.45) is 2.28. The zero-order chi connectivity index (χ0) is 12.7. The summed E-state index contributed by atoms with van der Waals surface area (Å²) in [4.78, 5) is 8.87. The van der Waals surface area contributed by atoms with Gasteiger partial charge in [0.05, 0.1) is 10.7 Å². The minimum atomic E-state index is -0.420. The first-order valence-electron chi connectivity index (χ1n) is 5.63. The number of benzene rings is 1. The van der Waals surface area contributed by atoms with Crippen LogP contribution in [0.1, 0.15) is 24.6 Å². The molecule has 0 amide bonds. The van der Waals surface area contributed by atoms with Gasteiger partial charge in [-0.3, -0.25) is 0 Å². The van der Waals surface area contributed by atoms with Gasteiger partial charge in [0.25, 0.3) is 0 Å². The molecule has 1 heterocycles. The third-order valence-electron chi connectivity index (χ3n) is 2.87. The Morgan fingerprint density at radius 2 is 2.00 bits per heavy atom. The minimum Gasteiger partial charge on any atom is -0.233 e. The molecule has 1 fully saturated rings. The molecule has 1 saturated carbocycles. The van der Waals surface area contributed by atoms with Crippen molar-refractivity contribution in [2.75, 3.05) is 0 Å². The number of rotatable bonds is 2. The summed E-state index contributed by atoms with van der Waals surface area (Å²) < 4.78 is 13.9. The molecule has 0 radical (unpaired) electrons. The topological polar surface area (TPSA) is 25.8 Å². The Kier molecular flexibility index (Phi) is 3.08. The first-order valence-corrected chi connectivity index (χ1v) is 6.80. The van der Waals surface area contributed by atoms with Gasteiger partial charge in [-0.1, -0.05) is 11.6 Å². The lowest BCUT2D eigenvalue weighted by Gasteiger charge is -2.05. The molecule has 0 saturated heterocycles. The maximum Gasteiger partial charge on any atom is 0.141 e. The van der Waals surface area contributed by atoms with Gasteiger partial charge in [-0.2, -0.15) is 0 Å². The van der Waals surface area contributed by atoms with E-state index in [1.54, 1.807) is 12.1 Å². The van der Waals surface area contributed by atoms with Crippen molar-refractivity contribution >= 4 is 27.5 Å². The molecule has 0 atom stereocenters. The van der Waals surface area contributed by atoms with Crippen molar-refractivity contribution in [3.8, 4) is 11.3 Å². The molecule has 18 heavy (non-hydrogen) atoms. The van der Waals surface area contributed by atoms with Crippen LogP contribution in [0.15, 0.2) is 28.9 Å². The molecule has 5 heteroatoms. The van der Waals surface area contributed by atoms with Crippen molar-refractivity contribution in [3.05, 3.63) is 45.5 Å². The van der Waals surface area contributed by atoms with Crippen LogP contribution < -0.4 is 0 Å². The van der Waals surface area contributed by atoms with Crippen LogP contribution in [0.2, 0.25) is 5.02 Å². The molecular formula is C13H9BrClFN2. The molecule has 0 aliphatic heterocycles. The molecule has 0 spiro atoms. The highest BCUT2D eigenvalue weighted by Gasteiger charge is 2.27. The molecule has 1 aromatic heterocycles. The van der Waals surface area contributed by atoms with Gasteiger partial charge in [0.2, 0.25) is 0 Å². The van der Waals surface area contributed by atoms with Gasteiger partial charge in [-0.15, -0.1) is 0 Å². The number of halogens is 3. The average Bonchev–Trinajstić information content (AvgIpc) is 3.16. The first-order chi connectivity index (χ1) is 8.63. The van der Waals surface area contributed by atoms with E-state index in [1.807, 2.05) is 6.07 Å². The van der Waals surface area contributed by atoms with Crippen molar-refractivity contribution in [2.24, 2.45) is 0 Å². The van der Waals surface area contributed by atoms with Crippen molar-refractivity contribution in [2.45, 2.75) is 18.8 Å². The maximum atomic E-state index is 13.1. The van der Waals surface area contributed by atoms with E-state index in [1.165, 1.54) is 6.07 Å². The second-order valence-corrected chi connectivity index (χ2v) is 5.56. The summed E-state index contributed by atoms with van der Waals surface area (Å²) >= 11 is 9.17. The molecule has 1 aliphatic carbocycles. The molecule has 0 bridgehead atoms. The molecule has 0 N–H and O–H groups in total. The van der Waals surface area contributed by atoms with Crippen molar-refractivity contribution in [1.82, 2.24) is 9.97 Å². The van der Waals surface area contributed by atoms with E-state index in [2.05, 4.69) is 25.9 Å². The lowest BCUT2D eigenvalue weighted by molar-refractivity contribution is 0.628. The monoisotopic (exact) mass is 326 g/mol. The van der Waals surface area contributed by atoms with Crippen LogP contribution in [-0.4, -0.2) is 9.97 Å². The van der Waals surface area contributed by atoms with E-state index in [4.69, 9.17) is 11.6 Å². The van der Waals surface area contributed by atoms with Gasteiger partial charge < -0.3 is 0 Å². The fourth-order valence-electron chi connectivity index (χ4n) is 1.76. The molecule has 2 nitrogen and oxygen atoms in total. The van der Waals surface area contributed by atoms with Gasteiger partial charge in [0.15, 0.2) is 0 Å². The average molecular weight is 328 g/mol. The summed E-state index contributed by atoms with van der Waals surface area (Å²) in [5.41, 5.74) is 1.56. The van der Waals surface area contributed by atoms with E-state index in [0.717, 1.165) is 34.5 Å². The Hall–Kier alpha value is -1.00. The molecule has 2 aromatic rings. The quantitative estimate of drug-likeness (QED) is 0.755. The Balaban J connectivity index is 2.07. The Bertz CT molecular complexity index is 614. The van der Waals surface area contributed by atoms with E-state index in [9.17, 15) is 4.39 Å². The van der Waals surface area contributed by atoms with Gasteiger partial charge >= 0.3 is 0 Å². The van der Waals surface area contributed by atoms with Gasteiger partial charge in [-0.25, -0.2) is 14.4 Å². The van der Waals surface area contributed by atoms with E-state index in [0.29, 0.717) is 5.92 Å². The Morgan fingerprint density at radius 3 is 2.67 bits per heavy atom. The summed E-state index contributed by atoms with van der Waals surface area (Å²) in [7, 11) is 0. The fourth-order valence-corrected chi connectivity index (χ4v) is 2.34. The van der Waals surface area contributed by atoms with Crippen LogP contribution in [-0.2, 0) is 0 Å². The number of hydrogen-bond acceptors (Lipinski definition) is 2. The predicted octanol–water partition coefficient (Wildman–Crippen LogP) is 4.58. The van der Waals surface area contributed by atoms with Gasteiger partial charge in [0, 0.05) is 11.5 Å². The first kappa shape index (κ1) is 12.1. The number of hydrogen-bond donors (Lipinski definition) is 0. The van der Waals surface area contributed by atoms with Crippen LogP contribution in [0.5, 0.6) is 0 Å². The lowest BCUT2D eigenvalue weighted by atomic mass is 10.1. The summed E-state index contributed by atoms with van der Waals surface area (Å²) in [6.45, 7) is 0. The second kappa shape index (κ2) is 4.59. The van der Waals surface area contributed by atoms with Gasteiger partial charge in [-0.05, 0) is 53.0 Å². The van der Waals surface area contributed by atoms with E-state index < -0.39 is 5.82 Å². The van der Waals surface area contributed by atoms with Crippen molar-refractivity contribution < 1.29 is 4.39 Å². The largest absolute Gasteiger partial charge is 0.233 e. The van der Waals surface area contributed by atoms with Crippen molar-refractivity contribution in [1.29, 1.82) is 0 Å². The SMILES string of the molecule is Fc1ccc(-c2cc(Br)nc(C3CC3)n2)cc1Cl.